The first kappa shape index (κ1) is 21.0. The van der Waals surface area contributed by atoms with Gasteiger partial charge in [0.2, 0.25) is 5.91 Å². The summed E-state index contributed by atoms with van der Waals surface area (Å²) in [5.74, 6) is 0.455. The molecular formula is C20H16ClFN6O2S. The molecule has 0 radical (unpaired) electrons. The van der Waals surface area contributed by atoms with Gasteiger partial charge in [-0.3, -0.25) is 9.59 Å². The van der Waals surface area contributed by atoms with E-state index in [0.717, 1.165) is 0 Å². The largest absolute Gasteiger partial charge is 0.326 e. The molecule has 11 heteroatoms. The van der Waals surface area contributed by atoms with Gasteiger partial charge < -0.3 is 14.9 Å². The molecule has 0 fully saturated rings. The molecule has 2 aromatic heterocycles. The van der Waals surface area contributed by atoms with E-state index in [1.54, 1.807) is 29.8 Å². The molecule has 0 spiro atoms. The fraction of sp³-hybridized carbons (Fsp3) is 0.150. The van der Waals surface area contributed by atoms with Gasteiger partial charge in [-0.15, -0.1) is 10.2 Å². The highest BCUT2D eigenvalue weighted by atomic mass is 35.5. The third-order valence-corrected chi connectivity index (χ3v) is 5.77. The molecule has 0 bridgehead atoms. The summed E-state index contributed by atoms with van der Waals surface area (Å²) in [5, 5.41) is 11.8. The number of carbonyl (C=O) groups excluding carboxylic acids is 1. The molecule has 0 unspecified atom stereocenters. The minimum atomic E-state index is -0.558. The molecule has 2 N–H and O–H groups in total. The molecular weight excluding hydrogens is 443 g/mol. The van der Waals surface area contributed by atoms with Gasteiger partial charge in [-0.05, 0) is 30.3 Å². The van der Waals surface area contributed by atoms with Crippen molar-refractivity contribution in [3.05, 3.63) is 75.3 Å². The van der Waals surface area contributed by atoms with E-state index in [1.165, 1.54) is 30.0 Å². The maximum Gasteiger partial charge on any atom is 0.258 e. The van der Waals surface area contributed by atoms with Gasteiger partial charge in [0.1, 0.15) is 17.5 Å². The number of rotatable bonds is 6. The number of hydrogen-bond acceptors (Lipinski definition) is 6. The number of anilines is 1. The molecule has 4 aromatic rings. The van der Waals surface area contributed by atoms with Crippen molar-refractivity contribution in [3.8, 4) is 0 Å². The number of amides is 1. The van der Waals surface area contributed by atoms with E-state index < -0.39 is 5.82 Å². The smallest absolute Gasteiger partial charge is 0.258 e. The molecule has 31 heavy (non-hydrogen) atoms. The monoisotopic (exact) mass is 458 g/mol. The van der Waals surface area contributed by atoms with Gasteiger partial charge in [0.05, 0.1) is 28.1 Å². The molecule has 2 aromatic carbocycles. The maximum absolute atomic E-state index is 13.2. The van der Waals surface area contributed by atoms with Gasteiger partial charge in [0.25, 0.3) is 5.56 Å². The van der Waals surface area contributed by atoms with Crippen molar-refractivity contribution in [2.75, 3.05) is 5.32 Å². The van der Waals surface area contributed by atoms with Crippen LogP contribution in [0.15, 0.2) is 52.4 Å². The summed E-state index contributed by atoms with van der Waals surface area (Å²) in [6.45, 7) is 0. The molecule has 0 aliphatic rings. The number of para-hydroxylation sites is 1. The molecule has 8 nitrogen and oxygen atoms in total. The number of aromatic amines is 1. The number of hydrogen-bond donors (Lipinski definition) is 2. The predicted octanol–water partition coefficient (Wildman–Crippen LogP) is 3.32. The molecule has 0 aliphatic heterocycles. The number of nitrogens with one attached hydrogen (secondary N) is 2. The van der Waals surface area contributed by atoms with Crippen molar-refractivity contribution in [3.63, 3.8) is 0 Å². The number of halogens is 2. The topological polar surface area (TPSA) is 106 Å². The molecule has 0 aliphatic carbocycles. The Hall–Kier alpha value is -3.24. The lowest BCUT2D eigenvalue weighted by Gasteiger charge is -2.07. The Morgan fingerprint density at radius 1 is 1.26 bits per heavy atom. The van der Waals surface area contributed by atoms with Crippen LogP contribution in [-0.4, -0.2) is 30.6 Å². The van der Waals surface area contributed by atoms with Gasteiger partial charge in [-0.25, -0.2) is 9.37 Å². The summed E-state index contributed by atoms with van der Waals surface area (Å²) in [4.78, 5) is 31.7. The Balaban J connectivity index is 1.41. The number of aromatic nitrogens is 5. The van der Waals surface area contributed by atoms with Crippen molar-refractivity contribution in [2.24, 2.45) is 7.05 Å². The zero-order valence-electron chi connectivity index (χ0n) is 16.2. The normalized spacial score (nSPS) is 11.1. The van der Waals surface area contributed by atoms with Gasteiger partial charge in [0, 0.05) is 12.7 Å². The van der Waals surface area contributed by atoms with Crippen LogP contribution in [0.25, 0.3) is 10.9 Å². The summed E-state index contributed by atoms with van der Waals surface area (Å²) >= 11 is 7.07. The summed E-state index contributed by atoms with van der Waals surface area (Å²) in [6, 6.07) is 11.1. The summed E-state index contributed by atoms with van der Waals surface area (Å²) in [5.41, 5.74) is 0.815. The van der Waals surface area contributed by atoms with Crippen molar-refractivity contribution >= 4 is 45.9 Å². The Morgan fingerprint density at radius 3 is 2.87 bits per heavy atom. The molecule has 0 saturated heterocycles. The highest BCUT2D eigenvalue weighted by Crippen LogP contribution is 2.21. The van der Waals surface area contributed by atoms with Crippen LogP contribution in [0.3, 0.4) is 0 Å². The Bertz CT molecular complexity index is 1340. The lowest BCUT2D eigenvalue weighted by atomic mass is 10.2. The number of benzene rings is 2. The van der Waals surface area contributed by atoms with E-state index in [9.17, 15) is 14.0 Å². The molecule has 4 rings (SSSR count). The average molecular weight is 459 g/mol. The van der Waals surface area contributed by atoms with Crippen molar-refractivity contribution in [1.29, 1.82) is 0 Å². The average Bonchev–Trinajstić information content (AvgIpc) is 3.08. The first-order valence-electron chi connectivity index (χ1n) is 9.14. The van der Waals surface area contributed by atoms with Crippen LogP contribution in [0.2, 0.25) is 5.02 Å². The van der Waals surface area contributed by atoms with Crippen molar-refractivity contribution in [2.45, 2.75) is 17.3 Å². The number of nitrogens with zero attached hydrogens (tertiary/aromatic N) is 4. The number of thioether (sulfide) groups is 1. The van der Waals surface area contributed by atoms with E-state index in [-0.39, 0.29) is 22.9 Å². The van der Waals surface area contributed by atoms with Gasteiger partial charge in [0.15, 0.2) is 5.16 Å². The highest BCUT2D eigenvalue weighted by Gasteiger charge is 2.15. The number of carbonyl (C=O) groups is 1. The van der Waals surface area contributed by atoms with Crippen molar-refractivity contribution in [1.82, 2.24) is 24.7 Å². The second kappa shape index (κ2) is 8.86. The van der Waals surface area contributed by atoms with Crippen molar-refractivity contribution < 1.29 is 9.18 Å². The van der Waals surface area contributed by atoms with Gasteiger partial charge in [-0.1, -0.05) is 35.5 Å². The van der Waals surface area contributed by atoms with E-state index in [1.807, 2.05) is 6.07 Å². The van der Waals surface area contributed by atoms with Crippen LogP contribution in [0.5, 0.6) is 0 Å². The third-order valence-electron chi connectivity index (χ3n) is 4.45. The molecule has 158 valence electrons. The van der Waals surface area contributed by atoms with Crippen LogP contribution in [-0.2, 0) is 24.0 Å². The second-order valence-corrected chi connectivity index (χ2v) is 7.98. The van der Waals surface area contributed by atoms with E-state index >= 15 is 0 Å². The first-order chi connectivity index (χ1) is 14.9. The Kier molecular flexibility index (Phi) is 6.01. The van der Waals surface area contributed by atoms with Crippen LogP contribution in [0.1, 0.15) is 11.6 Å². The fourth-order valence-electron chi connectivity index (χ4n) is 2.88. The summed E-state index contributed by atoms with van der Waals surface area (Å²) in [6.07, 6.45) is -0.0237. The van der Waals surface area contributed by atoms with E-state index in [0.29, 0.717) is 39.1 Å². The third kappa shape index (κ3) is 4.75. The van der Waals surface area contributed by atoms with Gasteiger partial charge in [-0.2, -0.15) is 0 Å². The van der Waals surface area contributed by atoms with Crippen LogP contribution >= 0.6 is 23.4 Å². The lowest BCUT2D eigenvalue weighted by molar-refractivity contribution is -0.115. The fourth-order valence-corrected chi connectivity index (χ4v) is 3.86. The first-order valence-corrected chi connectivity index (χ1v) is 10.5. The molecule has 1 amide bonds. The standard InChI is InChI=1S/C20H16ClFN6O2S/c1-28-17(9-18(29)23-11-6-7-14(22)13(21)8-11)26-27-20(28)31-10-16-24-15-5-3-2-4-12(15)19(30)25-16/h2-8H,9-10H2,1H3,(H,23,29)(H,24,25,30). The molecule has 2 heterocycles. The maximum atomic E-state index is 13.2. The number of H-pyrrole nitrogens is 1. The Morgan fingerprint density at radius 2 is 2.06 bits per heavy atom. The van der Waals surface area contributed by atoms with Crippen LogP contribution in [0.4, 0.5) is 10.1 Å². The van der Waals surface area contributed by atoms with E-state index in [2.05, 4.69) is 25.5 Å². The van der Waals surface area contributed by atoms with Crippen LogP contribution in [0, 0.1) is 5.82 Å². The highest BCUT2D eigenvalue weighted by molar-refractivity contribution is 7.98. The SMILES string of the molecule is Cn1c(CC(=O)Nc2ccc(F)c(Cl)c2)nnc1SCc1nc2ccccc2c(=O)[nH]1. The predicted molar refractivity (Wildman–Crippen MR) is 117 cm³/mol. The number of fused-ring (bicyclic) bond motifs is 1. The zero-order chi connectivity index (χ0) is 22.0. The molecule has 0 saturated carbocycles. The Labute approximate surface area is 184 Å². The van der Waals surface area contributed by atoms with Crippen LogP contribution < -0.4 is 10.9 Å². The minimum absolute atomic E-state index is 0.0237. The summed E-state index contributed by atoms with van der Waals surface area (Å²) < 4.78 is 14.9. The van der Waals surface area contributed by atoms with Gasteiger partial charge >= 0.3 is 0 Å². The quantitative estimate of drug-likeness (QED) is 0.429. The van der Waals surface area contributed by atoms with E-state index in [4.69, 9.17) is 11.6 Å². The molecule has 0 atom stereocenters. The lowest BCUT2D eigenvalue weighted by Crippen LogP contribution is -2.17. The summed E-state index contributed by atoms with van der Waals surface area (Å²) in [7, 11) is 1.75. The minimum Gasteiger partial charge on any atom is -0.326 e. The second-order valence-electron chi connectivity index (χ2n) is 6.63. The zero-order valence-corrected chi connectivity index (χ0v) is 17.8.